The molecular formula is C15H15ClFNO3S2. The Labute approximate surface area is 144 Å². The van der Waals surface area contributed by atoms with Crippen LogP contribution in [0.3, 0.4) is 0 Å². The minimum absolute atomic E-state index is 0.00208. The Morgan fingerprint density at radius 1 is 1.22 bits per heavy atom. The summed E-state index contributed by atoms with van der Waals surface area (Å²) in [5.41, 5.74) is 0. The highest BCUT2D eigenvalue weighted by atomic mass is 35.5. The van der Waals surface area contributed by atoms with Gasteiger partial charge in [0.25, 0.3) is 0 Å². The lowest BCUT2D eigenvalue weighted by Gasteiger charge is -2.08. The number of nitrogens with one attached hydrogen (secondary N) is 1. The number of hydrogen-bond donors (Lipinski definition) is 1. The molecule has 1 N–H and O–H groups in total. The topological polar surface area (TPSA) is 55.4 Å². The second kappa shape index (κ2) is 8.01. The molecule has 0 unspecified atom stereocenters. The predicted octanol–water partition coefficient (Wildman–Crippen LogP) is 3.56. The van der Waals surface area contributed by atoms with E-state index in [0.29, 0.717) is 10.8 Å². The molecule has 2 rings (SSSR count). The minimum atomic E-state index is -3.75. The first-order valence-corrected chi connectivity index (χ1v) is 9.48. The van der Waals surface area contributed by atoms with Gasteiger partial charge in [0.05, 0.1) is 12.0 Å². The van der Waals surface area contributed by atoms with Gasteiger partial charge in [-0.15, -0.1) is 11.8 Å². The van der Waals surface area contributed by atoms with Gasteiger partial charge in [0.15, 0.2) is 11.6 Å². The summed E-state index contributed by atoms with van der Waals surface area (Å²) >= 11 is 7.29. The van der Waals surface area contributed by atoms with Gasteiger partial charge in [0.1, 0.15) is 0 Å². The summed E-state index contributed by atoms with van der Waals surface area (Å²) in [7, 11) is -2.43. The van der Waals surface area contributed by atoms with E-state index in [9.17, 15) is 12.8 Å². The van der Waals surface area contributed by atoms with E-state index < -0.39 is 15.8 Å². The van der Waals surface area contributed by atoms with Crippen molar-refractivity contribution in [2.24, 2.45) is 0 Å². The average molecular weight is 376 g/mol. The molecule has 23 heavy (non-hydrogen) atoms. The maximum Gasteiger partial charge on any atom is 0.240 e. The molecule has 0 aliphatic carbocycles. The zero-order chi connectivity index (χ0) is 16.9. The summed E-state index contributed by atoms with van der Waals surface area (Å²) in [4.78, 5) is 0.858. The fourth-order valence-corrected chi connectivity index (χ4v) is 3.84. The molecule has 0 aliphatic heterocycles. The fourth-order valence-electron chi connectivity index (χ4n) is 1.77. The Kier molecular flexibility index (Phi) is 6.29. The average Bonchev–Trinajstić information content (AvgIpc) is 2.53. The summed E-state index contributed by atoms with van der Waals surface area (Å²) in [6.45, 7) is 0.225. The zero-order valence-corrected chi connectivity index (χ0v) is 14.6. The molecule has 2 aromatic carbocycles. The second-order valence-electron chi connectivity index (χ2n) is 4.50. The number of sulfonamides is 1. The molecule has 0 heterocycles. The van der Waals surface area contributed by atoms with Gasteiger partial charge in [-0.3, -0.25) is 0 Å². The van der Waals surface area contributed by atoms with Crippen LogP contribution in [-0.4, -0.2) is 27.8 Å². The van der Waals surface area contributed by atoms with E-state index in [1.165, 1.54) is 31.0 Å². The SMILES string of the molecule is COc1ccc(S(=O)(=O)NCCSc2ccc(Cl)cc2)cc1F. The molecule has 0 aliphatic rings. The van der Waals surface area contributed by atoms with Crippen molar-refractivity contribution in [3.63, 3.8) is 0 Å². The Hall–Kier alpha value is -1.28. The Morgan fingerprint density at radius 3 is 2.52 bits per heavy atom. The number of methoxy groups -OCH3 is 1. The van der Waals surface area contributed by atoms with E-state index in [2.05, 4.69) is 4.72 Å². The van der Waals surface area contributed by atoms with Crippen molar-refractivity contribution in [3.8, 4) is 5.75 Å². The number of ether oxygens (including phenoxy) is 1. The first-order valence-electron chi connectivity index (χ1n) is 6.64. The van der Waals surface area contributed by atoms with E-state index >= 15 is 0 Å². The highest BCUT2D eigenvalue weighted by molar-refractivity contribution is 7.99. The zero-order valence-electron chi connectivity index (χ0n) is 12.3. The molecule has 0 amide bonds. The van der Waals surface area contributed by atoms with E-state index in [1.807, 2.05) is 12.1 Å². The number of hydrogen-bond acceptors (Lipinski definition) is 4. The van der Waals surface area contributed by atoms with Crippen LogP contribution in [0.5, 0.6) is 5.75 Å². The molecule has 4 nitrogen and oxygen atoms in total. The molecule has 0 aromatic heterocycles. The first-order chi connectivity index (χ1) is 10.9. The van der Waals surface area contributed by atoms with Gasteiger partial charge in [-0.05, 0) is 42.5 Å². The van der Waals surface area contributed by atoms with Gasteiger partial charge in [0.2, 0.25) is 10.0 Å². The van der Waals surface area contributed by atoms with Crippen molar-refractivity contribution in [3.05, 3.63) is 53.3 Å². The van der Waals surface area contributed by atoms with Crippen molar-refractivity contribution >= 4 is 33.4 Å². The third-order valence-electron chi connectivity index (χ3n) is 2.91. The van der Waals surface area contributed by atoms with Crippen LogP contribution in [0.15, 0.2) is 52.3 Å². The predicted molar refractivity (Wildman–Crippen MR) is 90.3 cm³/mol. The molecule has 0 atom stereocenters. The van der Waals surface area contributed by atoms with Crippen LogP contribution < -0.4 is 9.46 Å². The molecule has 0 bridgehead atoms. The number of thioether (sulfide) groups is 1. The van der Waals surface area contributed by atoms with Crippen molar-refractivity contribution < 1.29 is 17.5 Å². The molecule has 2 aromatic rings. The lowest BCUT2D eigenvalue weighted by molar-refractivity contribution is 0.385. The monoisotopic (exact) mass is 375 g/mol. The van der Waals surface area contributed by atoms with Crippen molar-refractivity contribution in [2.45, 2.75) is 9.79 Å². The Morgan fingerprint density at radius 2 is 1.91 bits per heavy atom. The van der Waals surface area contributed by atoms with Gasteiger partial charge in [-0.2, -0.15) is 0 Å². The molecular weight excluding hydrogens is 361 g/mol. The van der Waals surface area contributed by atoms with Crippen molar-refractivity contribution in [1.82, 2.24) is 4.72 Å². The highest BCUT2D eigenvalue weighted by Crippen LogP contribution is 2.21. The molecule has 0 saturated heterocycles. The molecule has 0 spiro atoms. The summed E-state index contributed by atoms with van der Waals surface area (Å²) < 4.78 is 45.0. The fraction of sp³-hybridized carbons (Fsp3) is 0.200. The standard InChI is InChI=1S/C15H15ClFNO3S2/c1-21-15-7-6-13(10-14(15)17)23(19,20)18-8-9-22-12-4-2-11(16)3-5-12/h2-7,10,18H,8-9H2,1H3. The van der Waals surface area contributed by atoms with E-state index in [-0.39, 0.29) is 17.2 Å². The lowest BCUT2D eigenvalue weighted by atomic mass is 10.3. The number of rotatable bonds is 7. The van der Waals surface area contributed by atoms with Crippen LogP contribution in [0.4, 0.5) is 4.39 Å². The van der Waals surface area contributed by atoms with Crippen LogP contribution in [0.1, 0.15) is 0 Å². The maximum absolute atomic E-state index is 13.6. The first kappa shape index (κ1) is 18.1. The molecule has 0 radical (unpaired) electrons. The van der Waals surface area contributed by atoms with Gasteiger partial charge in [0, 0.05) is 22.2 Å². The van der Waals surface area contributed by atoms with Crippen LogP contribution in [-0.2, 0) is 10.0 Å². The van der Waals surface area contributed by atoms with Crippen LogP contribution in [0.25, 0.3) is 0 Å². The normalized spacial score (nSPS) is 11.4. The van der Waals surface area contributed by atoms with Gasteiger partial charge in [-0.1, -0.05) is 11.6 Å². The largest absolute Gasteiger partial charge is 0.494 e. The van der Waals surface area contributed by atoms with Gasteiger partial charge < -0.3 is 4.74 Å². The van der Waals surface area contributed by atoms with Gasteiger partial charge >= 0.3 is 0 Å². The smallest absolute Gasteiger partial charge is 0.240 e. The lowest BCUT2D eigenvalue weighted by Crippen LogP contribution is -2.26. The van der Waals surface area contributed by atoms with Crippen molar-refractivity contribution in [2.75, 3.05) is 19.4 Å². The van der Waals surface area contributed by atoms with Crippen LogP contribution >= 0.6 is 23.4 Å². The second-order valence-corrected chi connectivity index (χ2v) is 7.87. The minimum Gasteiger partial charge on any atom is -0.494 e. The Bertz CT molecular complexity index is 767. The summed E-state index contributed by atoms with van der Waals surface area (Å²) in [5, 5.41) is 0.650. The quantitative estimate of drug-likeness (QED) is 0.594. The molecule has 0 saturated carbocycles. The summed E-state index contributed by atoms with van der Waals surface area (Å²) in [6, 6.07) is 10.8. The van der Waals surface area contributed by atoms with E-state index in [4.69, 9.17) is 16.3 Å². The Balaban J connectivity index is 1.91. The maximum atomic E-state index is 13.6. The van der Waals surface area contributed by atoms with E-state index in [0.717, 1.165) is 11.0 Å². The molecule has 0 fully saturated rings. The molecule has 8 heteroatoms. The van der Waals surface area contributed by atoms with Crippen molar-refractivity contribution in [1.29, 1.82) is 0 Å². The third kappa shape index (κ3) is 5.10. The van der Waals surface area contributed by atoms with Crippen LogP contribution in [0, 0.1) is 5.82 Å². The van der Waals surface area contributed by atoms with Gasteiger partial charge in [-0.25, -0.2) is 17.5 Å². The summed E-state index contributed by atoms with van der Waals surface area (Å²) in [6.07, 6.45) is 0. The number of benzene rings is 2. The summed E-state index contributed by atoms with van der Waals surface area (Å²) in [5.74, 6) is -0.173. The van der Waals surface area contributed by atoms with Crippen LogP contribution in [0.2, 0.25) is 5.02 Å². The third-order valence-corrected chi connectivity index (χ3v) is 5.63. The van der Waals surface area contributed by atoms with E-state index in [1.54, 1.807) is 12.1 Å². The molecule has 124 valence electrons. The number of halogens is 2. The highest BCUT2D eigenvalue weighted by Gasteiger charge is 2.16.